The summed E-state index contributed by atoms with van der Waals surface area (Å²) in [6.45, 7) is 3.48. The number of hydrogen-bond donors (Lipinski definition) is 0. The Kier molecular flexibility index (Phi) is 4.90. The highest BCUT2D eigenvalue weighted by molar-refractivity contribution is 7.80. The standard InChI is InChI=1S/C5H10O2S/c1-3-4-5-8(6)7-2/h3H,1,4-5H2,2H3. The molecule has 8 heavy (non-hydrogen) atoms. The van der Waals surface area contributed by atoms with Gasteiger partial charge in [-0.2, -0.15) is 0 Å². The van der Waals surface area contributed by atoms with Gasteiger partial charge in [0.15, 0.2) is 11.1 Å². The van der Waals surface area contributed by atoms with E-state index in [0.717, 1.165) is 6.42 Å². The summed E-state index contributed by atoms with van der Waals surface area (Å²) in [7, 11) is 1.43. The van der Waals surface area contributed by atoms with Gasteiger partial charge in [-0.1, -0.05) is 6.08 Å². The maximum atomic E-state index is 10.4. The Morgan fingerprint density at radius 1 is 1.88 bits per heavy atom. The Morgan fingerprint density at radius 3 is 2.88 bits per heavy atom. The van der Waals surface area contributed by atoms with Gasteiger partial charge in [0, 0.05) is 0 Å². The molecule has 1 unspecified atom stereocenters. The van der Waals surface area contributed by atoms with Crippen LogP contribution in [0.4, 0.5) is 0 Å². The topological polar surface area (TPSA) is 26.3 Å². The summed E-state index contributed by atoms with van der Waals surface area (Å²) in [5.74, 6) is 0.556. The molecule has 0 aromatic carbocycles. The van der Waals surface area contributed by atoms with Gasteiger partial charge in [0.05, 0.1) is 12.9 Å². The molecular formula is C5H10O2S. The lowest BCUT2D eigenvalue weighted by molar-refractivity contribution is 0.446. The van der Waals surface area contributed by atoms with Gasteiger partial charge in [0.25, 0.3) is 0 Å². The largest absolute Gasteiger partial charge is 0.294 e. The van der Waals surface area contributed by atoms with E-state index in [1.807, 2.05) is 0 Å². The van der Waals surface area contributed by atoms with Crippen LogP contribution in [0.3, 0.4) is 0 Å². The highest BCUT2D eigenvalue weighted by Crippen LogP contribution is 1.86. The molecule has 0 aromatic rings. The second-order valence-electron chi connectivity index (χ2n) is 1.25. The van der Waals surface area contributed by atoms with Gasteiger partial charge in [-0.25, -0.2) is 4.21 Å². The molecule has 48 valence electrons. The molecule has 0 saturated carbocycles. The van der Waals surface area contributed by atoms with E-state index in [-0.39, 0.29) is 0 Å². The van der Waals surface area contributed by atoms with E-state index in [1.165, 1.54) is 7.11 Å². The third-order valence-corrected chi connectivity index (χ3v) is 1.62. The zero-order chi connectivity index (χ0) is 6.41. The van der Waals surface area contributed by atoms with Gasteiger partial charge in [-0.05, 0) is 6.42 Å². The first kappa shape index (κ1) is 7.85. The smallest absolute Gasteiger partial charge is 0.155 e. The summed E-state index contributed by atoms with van der Waals surface area (Å²) in [5.41, 5.74) is 0. The molecule has 3 heteroatoms. The Balaban J connectivity index is 3.11. The van der Waals surface area contributed by atoms with Crippen LogP contribution in [0.15, 0.2) is 12.7 Å². The Morgan fingerprint density at radius 2 is 2.50 bits per heavy atom. The molecule has 0 radical (unpaired) electrons. The molecule has 0 amide bonds. The molecule has 0 spiro atoms. The normalized spacial score (nSPS) is 13.1. The van der Waals surface area contributed by atoms with Gasteiger partial charge in [-0.3, -0.25) is 4.18 Å². The Hall–Kier alpha value is -0.150. The molecule has 0 saturated heterocycles. The van der Waals surface area contributed by atoms with Crippen LogP contribution in [-0.2, 0) is 15.3 Å². The molecule has 0 aliphatic heterocycles. The first-order chi connectivity index (χ1) is 3.81. The van der Waals surface area contributed by atoms with Crippen molar-refractivity contribution in [3.63, 3.8) is 0 Å². The van der Waals surface area contributed by atoms with Crippen molar-refractivity contribution in [2.45, 2.75) is 6.42 Å². The van der Waals surface area contributed by atoms with Crippen LogP contribution < -0.4 is 0 Å². The number of rotatable bonds is 4. The molecule has 0 heterocycles. The fourth-order valence-corrected chi connectivity index (χ4v) is 0.789. The highest BCUT2D eigenvalue weighted by atomic mass is 32.2. The van der Waals surface area contributed by atoms with Crippen molar-refractivity contribution >= 4 is 11.1 Å². The van der Waals surface area contributed by atoms with Gasteiger partial charge in [-0.15, -0.1) is 6.58 Å². The van der Waals surface area contributed by atoms with E-state index < -0.39 is 11.1 Å². The summed E-state index contributed by atoms with van der Waals surface area (Å²) in [5, 5.41) is 0. The summed E-state index contributed by atoms with van der Waals surface area (Å²) < 4.78 is 14.9. The predicted octanol–water partition coefficient (Wildman–Crippen LogP) is 0.873. The average Bonchev–Trinajstić information content (AvgIpc) is 1.83. The van der Waals surface area contributed by atoms with E-state index in [0.29, 0.717) is 5.75 Å². The SMILES string of the molecule is C=CCCS(=O)OC. The van der Waals surface area contributed by atoms with Crippen molar-refractivity contribution in [2.75, 3.05) is 12.9 Å². The molecule has 2 nitrogen and oxygen atoms in total. The monoisotopic (exact) mass is 134 g/mol. The van der Waals surface area contributed by atoms with Crippen LogP contribution >= 0.6 is 0 Å². The first-order valence-corrected chi connectivity index (χ1v) is 3.59. The third-order valence-electron chi connectivity index (χ3n) is 0.675. The van der Waals surface area contributed by atoms with Crippen molar-refractivity contribution in [1.29, 1.82) is 0 Å². The molecule has 0 N–H and O–H groups in total. The third kappa shape index (κ3) is 4.02. The molecule has 1 atom stereocenters. The first-order valence-electron chi connectivity index (χ1n) is 2.35. The van der Waals surface area contributed by atoms with Crippen molar-refractivity contribution in [3.8, 4) is 0 Å². The van der Waals surface area contributed by atoms with Crippen molar-refractivity contribution in [2.24, 2.45) is 0 Å². The van der Waals surface area contributed by atoms with E-state index in [4.69, 9.17) is 0 Å². The lowest BCUT2D eigenvalue weighted by Gasteiger charge is -1.91. The van der Waals surface area contributed by atoms with Crippen LogP contribution in [0.25, 0.3) is 0 Å². The van der Waals surface area contributed by atoms with E-state index in [9.17, 15) is 4.21 Å². The summed E-state index contributed by atoms with van der Waals surface area (Å²) >= 11 is -1.10. The lowest BCUT2D eigenvalue weighted by atomic mass is 10.5. The molecule has 0 fully saturated rings. The second kappa shape index (κ2) is 5.00. The van der Waals surface area contributed by atoms with Crippen molar-refractivity contribution in [3.05, 3.63) is 12.7 Å². The minimum Gasteiger partial charge on any atom is -0.294 e. The zero-order valence-corrected chi connectivity index (χ0v) is 5.74. The van der Waals surface area contributed by atoms with E-state index in [1.54, 1.807) is 6.08 Å². The zero-order valence-electron chi connectivity index (χ0n) is 4.92. The molecule has 0 aliphatic carbocycles. The number of hydrogen-bond acceptors (Lipinski definition) is 2. The molecule has 0 aromatic heterocycles. The quantitative estimate of drug-likeness (QED) is 0.533. The maximum absolute atomic E-state index is 10.4. The van der Waals surface area contributed by atoms with Gasteiger partial charge < -0.3 is 0 Å². The van der Waals surface area contributed by atoms with Crippen LogP contribution in [0.5, 0.6) is 0 Å². The minimum atomic E-state index is -1.10. The Bertz CT molecular complexity index is 90.4. The van der Waals surface area contributed by atoms with Crippen LogP contribution in [-0.4, -0.2) is 17.1 Å². The fourth-order valence-electron chi connectivity index (χ4n) is 0.263. The summed E-state index contributed by atoms with van der Waals surface area (Å²) in [6.07, 6.45) is 2.47. The predicted molar refractivity (Wildman–Crippen MR) is 34.8 cm³/mol. The fraction of sp³-hybridized carbons (Fsp3) is 0.600. The summed E-state index contributed by atoms with van der Waals surface area (Å²) in [6, 6.07) is 0. The molecule has 0 aliphatic rings. The molecular weight excluding hydrogens is 124 g/mol. The van der Waals surface area contributed by atoms with Crippen molar-refractivity contribution < 1.29 is 8.39 Å². The molecule has 0 rings (SSSR count). The highest BCUT2D eigenvalue weighted by Gasteiger charge is 1.90. The van der Waals surface area contributed by atoms with E-state index >= 15 is 0 Å². The number of allylic oxidation sites excluding steroid dienone is 1. The Labute approximate surface area is 52.2 Å². The van der Waals surface area contributed by atoms with Crippen LogP contribution in [0.1, 0.15) is 6.42 Å². The minimum absolute atomic E-state index is 0.556. The van der Waals surface area contributed by atoms with Crippen LogP contribution in [0, 0.1) is 0 Å². The average molecular weight is 134 g/mol. The second-order valence-corrected chi connectivity index (χ2v) is 2.60. The van der Waals surface area contributed by atoms with E-state index in [2.05, 4.69) is 10.8 Å². The molecule has 0 bridgehead atoms. The summed E-state index contributed by atoms with van der Waals surface area (Å²) in [4.78, 5) is 0. The van der Waals surface area contributed by atoms with Gasteiger partial charge >= 0.3 is 0 Å². The maximum Gasteiger partial charge on any atom is 0.155 e. The van der Waals surface area contributed by atoms with Crippen LogP contribution in [0.2, 0.25) is 0 Å². The van der Waals surface area contributed by atoms with Gasteiger partial charge in [0.2, 0.25) is 0 Å². The van der Waals surface area contributed by atoms with Crippen molar-refractivity contribution in [1.82, 2.24) is 0 Å². The van der Waals surface area contributed by atoms with Gasteiger partial charge in [0.1, 0.15) is 0 Å². The lowest BCUT2D eigenvalue weighted by Crippen LogP contribution is -1.96.